The summed E-state index contributed by atoms with van der Waals surface area (Å²) in [6.07, 6.45) is -3.92. The minimum absolute atomic E-state index is 0.0192. The summed E-state index contributed by atoms with van der Waals surface area (Å²) < 4.78 is 158. The van der Waals surface area contributed by atoms with Crippen LogP contribution in [0.3, 0.4) is 0 Å². The van der Waals surface area contributed by atoms with Crippen LogP contribution in [0.2, 0.25) is 10.0 Å². The number of esters is 3. The Bertz CT molecular complexity index is 6800. The van der Waals surface area contributed by atoms with Gasteiger partial charge in [-0.15, -0.1) is 0 Å². The number of furan rings is 5. The second-order valence-corrected chi connectivity index (χ2v) is 30.0. The van der Waals surface area contributed by atoms with E-state index in [1.54, 1.807) is 81.6 Å². The number of carbonyl (C=O) groups excluding carboxylic acids is 4. The van der Waals surface area contributed by atoms with E-state index in [1.807, 2.05) is 30.3 Å². The summed E-state index contributed by atoms with van der Waals surface area (Å²) in [4.78, 5) is 92.7. The molecule has 39 heteroatoms. The predicted molar refractivity (Wildman–Crippen MR) is 444 cm³/mol. The molecule has 0 saturated heterocycles. The van der Waals surface area contributed by atoms with E-state index in [1.165, 1.54) is 53.1 Å². The molecule has 0 bridgehead atoms. The van der Waals surface area contributed by atoms with Crippen LogP contribution in [-0.2, 0) is 75.2 Å². The Balaban J connectivity index is 0.000000118. The molecule has 5 aliphatic rings. The molecule has 0 fully saturated rings. The molecule has 650 valence electrons. The van der Waals surface area contributed by atoms with Gasteiger partial charge < -0.3 is 69.7 Å². The van der Waals surface area contributed by atoms with Crippen molar-refractivity contribution in [2.24, 2.45) is 0 Å². The summed E-state index contributed by atoms with van der Waals surface area (Å²) in [5.74, 6) is -1.28. The van der Waals surface area contributed by atoms with Crippen molar-refractivity contribution < 1.29 is 95.3 Å². The fourth-order valence-electron chi connectivity index (χ4n) is 14.8. The highest BCUT2D eigenvalue weighted by molar-refractivity contribution is 6.31. The molecule has 29 nitrogen and oxygen atoms in total. The van der Waals surface area contributed by atoms with Crippen molar-refractivity contribution in [3.05, 3.63) is 317 Å². The van der Waals surface area contributed by atoms with Crippen LogP contribution in [0.15, 0.2) is 198 Å². The normalized spacial score (nSPS) is 15.5. The highest BCUT2D eigenvalue weighted by Crippen LogP contribution is 2.46. The van der Waals surface area contributed by atoms with Gasteiger partial charge in [-0.25, -0.2) is 81.2 Å². The number of ether oxygens (including phenoxy) is 4. The largest absolute Gasteiger partial charge is 0.463 e. The third kappa shape index (κ3) is 18.3. The van der Waals surface area contributed by atoms with Gasteiger partial charge in [-0.3, -0.25) is 9.69 Å². The van der Waals surface area contributed by atoms with Gasteiger partial charge in [0.2, 0.25) is 35.6 Å². The lowest BCUT2D eigenvalue weighted by Gasteiger charge is -2.17. The number of halogens is 10. The number of alkyl halides is 3. The van der Waals surface area contributed by atoms with Crippen LogP contribution in [-0.4, -0.2) is 73.7 Å². The molecule has 1 amide bonds. The molecule has 10 aromatic heterocycles. The van der Waals surface area contributed by atoms with Crippen molar-refractivity contribution in [1.29, 1.82) is 0 Å². The van der Waals surface area contributed by atoms with E-state index >= 15 is 0 Å². The SMILES string of the molecule is Cc1ccc(-c2nc(N)nc3c2C(=O)OC3Cc2c(F)cccc2Cl)o1.Cc1ccc(-c2nc(N)nc3c2C(=O)OC3Cc2cc(Cl)ccc2F)o1.Cc1ccc(-c2nc(N)nc3c2C(=O)OC3Cc2ccc(F)cc2C(F)(F)F)o1.Nc1nc(-c2ccco2)c2c(n1)N(Cc1ccc(F)cc1F)C(=O)C2.Nc1nc(-c2ccco2)c2c(n1)[C@H](Cc1ccccc1)OC2. The second kappa shape index (κ2) is 35.8. The lowest BCUT2D eigenvalue weighted by Crippen LogP contribution is -2.27. The number of fused-ring (bicyclic) bond motifs is 5. The molecule has 0 spiro atoms. The lowest BCUT2D eigenvalue weighted by atomic mass is 9.98. The molecule has 3 unspecified atom stereocenters. The summed E-state index contributed by atoms with van der Waals surface area (Å²) in [6, 6.07) is 41.5. The zero-order valence-corrected chi connectivity index (χ0v) is 68.4. The van der Waals surface area contributed by atoms with E-state index < -0.39 is 77.0 Å². The highest BCUT2D eigenvalue weighted by Gasteiger charge is 2.44. The molecular formula is C89H66Cl2F8N16O13. The van der Waals surface area contributed by atoms with Crippen LogP contribution in [0, 0.1) is 49.9 Å². The molecule has 0 saturated carbocycles. The van der Waals surface area contributed by atoms with E-state index in [0.717, 1.165) is 47.6 Å². The van der Waals surface area contributed by atoms with Crippen molar-refractivity contribution in [3.63, 3.8) is 0 Å². The third-order valence-electron chi connectivity index (χ3n) is 20.5. The standard InChI is InChI=1S/C19H13F4N3O3.2C18H13ClFN3O3.C17H12F2N4O2.C17H15N3O2/c1-8-2-5-12(28-8)15-14-16(26-18(24)25-15)13(29-17(14)27)6-9-3-4-10(20)7-11(9)19(21,22)23;1-8-2-5-12(25-8)15-14-16(23-18(21)22-15)13(26-17(14)24)7-9-6-10(19)3-4-11(9)20;1-8-5-6-12(25-8)15-14-16(23-18(21)22-15)13(26-17(14)24)7-9-10(19)3-2-4-11(9)20;18-10-4-3-9(12(19)6-10)8-23-14(24)7-11-15(13-2-1-5-25-13)21-17(20)22-16(11)23;18-17-19-15(13-7-4-8-21-13)12-10-22-14(16(12)20-17)9-11-5-2-1-3-6-11/h2-5,7,13H,6H2,1H3,(H2,24,25,26);2*2-6,13H,7H2,1H3,(H2,21,22,23);1-6H,7-8H2,(H2,20,21,22);1-8,14H,9-10H2,(H2,18,19,20)/t;;;;14-/m....0/s1. The monoisotopic (exact) mass is 1790 g/mol. The third-order valence-corrected chi connectivity index (χ3v) is 21.1. The number of amides is 1. The minimum Gasteiger partial charge on any atom is -0.463 e. The van der Waals surface area contributed by atoms with Gasteiger partial charge in [0.05, 0.1) is 43.4 Å². The molecule has 15 aromatic rings. The zero-order valence-electron chi connectivity index (χ0n) is 66.9. The Morgan fingerprint density at radius 1 is 0.422 bits per heavy atom. The van der Waals surface area contributed by atoms with Crippen molar-refractivity contribution in [1.82, 2.24) is 49.8 Å². The van der Waals surface area contributed by atoms with Crippen molar-refractivity contribution in [2.75, 3.05) is 33.6 Å². The molecule has 0 radical (unpaired) electrons. The van der Waals surface area contributed by atoms with Gasteiger partial charge in [0.25, 0.3) is 0 Å². The van der Waals surface area contributed by atoms with Gasteiger partial charge in [-0.2, -0.15) is 18.2 Å². The topological polar surface area (TPSA) is 433 Å². The van der Waals surface area contributed by atoms with Crippen molar-refractivity contribution in [2.45, 2.75) is 96.6 Å². The van der Waals surface area contributed by atoms with Gasteiger partial charge in [-0.1, -0.05) is 71.7 Å². The fourth-order valence-corrected chi connectivity index (χ4v) is 15.2. The number of carbonyl (C=O) groups is 4. The highest BCUT2D eigenvalue weighted by atomic mass is 35.5. The second-order valence-electron chi connectivity index (χ2n) is 29.2. The summed E-state index contributed by atoms with van der Waals surface area (Å²) in [5, 5.41) is 0.637. The van der Waals surface area contributed by atoms with E-state index in [9.17, 15) is 54.3 Å². The number of aryl methyl sites for hydroxylation is 3. The zero-order chi connectivity index (χ0) is 90.3. The van der Waals surface area contributed by atoms with Crippen LogP contribution in [0.4, 0.5) is 70.7 Å². The van der Waals surface area contributed by atoms with Gasteiger partial charge >= 0.3 is 24.1 Å². The molecule has 15 heterocycles. The van der Waals surface area contributed by atoms with Gasteiger partial charge in [0.1, 0.15) is 139 Å². The first-order chi connectivity index (χ1) is 61.3. The molecule has 5 aromatic carbocycles. The molecular weight excluding hydrogens is 1720 g/mol. The summed E-state index contributed by atoms with van der Waals surface area (Å²) in [7, 11) is 0. The maximum Gasteiger partial charge on any atom is 0.416 e. The number of cyclic esters (lactones) is 3. The van der Waals surface area contributed by atoms with Crippen LogP contribution in [0.1, 0.15) is 140 Å². The lowest BCUT2D eigenvalue weighted by molar-refractivity contribution is -0.138. The number of nitrogens with zero attached hydrogens (tertiary/aromatic N) is 11. The van der Waals surface area contributed by atoms with E-state index in [0.29, 0.717) is 92.0 Å². The van der Waals surface area contributed by atoms with E-state index in [-0.39, 0.29) is 141 Å². The first-order valence-corrected chi connectivity index (χ1v) is 39.5. The first kappa shape index (κ1) is 86.3. The number of rotatable bonds is 15. The number of benzene rings is 5. The number of hydrogen-bond acceptors (Lipinski definition) is 28. The van der Waals surface area contributed by atoms with E-state index in [4.69, 9.17) is 92.9 Å². The van der Waals surface area contributed by atoms with Crippen molar-refractivity contribution in [3.8, 4) is 57.3 Å². The maximum atomic E-state index is 14.1. The molecule has 10 N–H and O–H groups in total. The molecule has 20 rings (SSSR count). The minimum atomic E-state index is -4.77. The average Bonchev–Trinajstić information content (AvgIpc) is 1.69. The van der Waals surface area contributed by atoms with Crippen LogP contribution in [0.25, 0.3) is 57.3 Å². The Kier molecular flexibility index (Phi) is 24.1. The smallest absolute Gasteiger partial charge is 0.416 e. The average molecular weight is 1790 g/mol. The van der Waals surface area contributed by atoms with E-state index in [2.05, 4.69) is 62.0 Å². The number of anilines is 6. The van der Waals surface area contributed by atoms with Crippen LogP contribution < -0.4 is 33.6 Å². The van der Waals surface area contributed by atoms with Gasteiger partial charge in [-0.05, 0) is 147 Å². The van der Waals surface area contributed by atoms with Gasteiger partial charge in [0, 0.05) is 64.0 Å². The molecule has 4 atom stereocenters. The number of hydrogen-bond donors (Lipinski definition) is 5. The number of nitrogens with two attached hydrogens (primary N) is 5. The van der Waals surface area contributed by atoms with Crippen LogP contribution >= 0.6 is 23.2 Å². The summed E-state index contributed by atoms with van der Waals surface area (Å²) in [6.45, 7) is 5.64. The fraction of sp³-hybridized carbons (Fsp3) is 0.169. The molecule has 128 heavy (non-hydrogen) atoms. The Labute approximate surface area is 728 Å². The molecule has 5 aliphatic heterocycles. The molecule has 0 aliphatic carbocycles. The predicted octanol–water partition coefficient (Wildman–Crippen LogP) is 17.8. The van der Waals surface area contributed by atoms with Gasteiger partial charge in [0.15, 0.2) is 28.8 Å². The Morgan fingerprint density at radius 2 is 0.898 bits per heavy atom. The number of nitrogen functional groups attached to an aromatic ring is 5. The van der Waals surface area contributed by atoms with Crippen molar-refractivity contribution >= 4 is 82.6 Å². The first-order valence-electron chi connectivity index (χ1n) is 38.7. The quantitative estimate of drug-likeness (QED) is 0.0361. The number of aromatic nitrogens is 10. The summed E-state index contributed by atoms with van der Waals surface area (Å²) in [5.41, 5.74) is 34.7. The Morgan fingerprint density at radius 3 is 1.38 bits per heavy atom. The maximum absolute atomic E-state index is 14.1. The summed E-state index contributed by atoms with van der Waals surface area (Å²) >= 11 is 12.0. The Hall–Kier alpha value is -15.2. The van der Waals surface area contributed by atoms with Crippen LogP contribution in [0.5, 0.6) is 0 Å².